The molecule has 0 bridgehead atoms. The van der Waals surface area contributed by atoms with Gasteiger partial charge in [-0.3, -0.25) is 0 Å². The Hall–Kier alpha value is -2.92. The number of rotatable bonds is 4. The molecule has 114 valence electrons. The minimum absolute atomic E-state index is 0.00608. The van der Waals surface area contributed by atoms with Crippen molar-refractivity contribution in [1.82, 2.24) is 9.97 Å². The number of aromatic nitrogens is 2. The second-order valence-corrected chi connectivity index (χ2v) is 5.20. The molecule has 2 aromatic carbocycles. The summed E-state index contributed by atoms with van der Waals surface area (Å²) in [6, 6.07) is 16.3. The maximum Gasteiger partial charge on any atom is 0.341 e. The molecule has 0 saturated heterocycles. The van der Waals surface area contributed by atoms with Crippen molar-refractivity contribution in [3.8, 4) is 11.4 Å². The fourth-order valence-electron chi connectivity index (χ4n) is 2.03. The van der Waals surface area contributed by atoms with Crippen LogP contribution in [0.2, 0.25) is 5.02 Å². The van der Waals surface area contributed by atoms with Gasteiger partial charge in [-0.05, 0) is 36.4 Å². The molecule has 0 aliphatic heterocycles. The topological polar surface area (TPSA) is 75.1 Å². The van der Waals surface area contributed by atoms with Gasteiger partial charge in [-0.15, -0.1) is 0 Å². The largest absolute Gasteiger partial charge is 0.477 e. The molecule has 0 aliphatic carbocycles. The van der Waals surface area contributed by atoms with Crippen LogP contribution >= 0.6 is 11.6 Å². The molecule has 1 heterocycles. The lowest BCUT2D eigenvalue weighted by Gasteiger charge is -2.10. The van der Waals surface area contributed by atoms with Gasteiger partial charge < -0.3 is 10.4 Å². The third kappa shape index (κ3) is 3.46. The van der Waals surface area contributed by atoms with Crippen molar-refractivity contribution < 1.29 is 9.90 Å². The number of halogens is 1. The lowest BCUT2D eigenvalue weighted by atomic mass is 10.2. The van der Waals surface area contributed by atoms with Crippen LogP contribution in [0.15, 0.2) is 60.8 Å². The number of hydrogen-bond acceptors (Lipinski definition) is 4. The number of aromatic carboxylic acids is 1. The van der Waals surface area contributed by atoms with Crippen LogP contribution in [0, 0.1) is 0 Å². The summed E-state index contributed by atoms with van der Waals surface area (Å²) in [5.74, 6) is -0.431. The van der Waals surface area contributed by atoms with E-state index < -0.39 is 5.97 Å². The predicted octanol–water partition coefficient (Wildman–Crippen LogP) is 4.24. The molecule has 0 amide bonds. The van der Waals surface area contributed by atoms with Crippen molar-refractivity contribution in [3.05, 3.63) is 71.4 Å². The van der Waals surface area contributed by atoms with Crippen molar-refractivity contribution in [1.29, 1.82) is 0 Å². The quantitative estimate of drug-likeness (QED) is 0.750. The average molecular weight is 326 g/mol. The highest BCUT2D eigenvalue weighted by Crippen LogP contribution is 2.23. The lowest BCUT2D eigenvalue weighted by Crippen LogP contribution is -2.07. The molecule has 0 aliphatic rings. The Kier molecular flexibility index (Phi) is 4.21. The molecule has 0 spiro atoms. The van der Waals surface area contributed by atoms with Crippen molar-refractivity contribution in [2.45, 2.75) is 0 Å². The summed E-state index contributed by atoms with van der Waals surface area (Å²) in [7, 11) is 0. The van der Waals surface area contributed by atoms with Gasteiger partial charge in [0.2, 0.25) is 0 Å². The van der Waals surface area contributed by atoms with Gasteiger partial charge in [0.05, 0.1) is 0 Å². The maximum atomic E-state index is 11.4. The SMILES string of the molecule is O=C(O)c1cnc(-c2ccc(Cl)cc2)nc1Nc1ccccc1. The van der Waals surface area contributed by atoms with E-state index in [-0.39, 0.29) is 11.4 Å². The first-order valence-electron chi connectivity index (χ1n) is 6.82. The molecule has 1 aromatic heterocycles. The molecule has 6 heteroatoms. The van der Waals surface area contributed by atoms with Crippen LogP contribution in [0.5, 0.6) is 0 Å². The number of nitrogens with zero attached hydrogens (tertiary/aromatic N) is 2. The molecular weight excluding hydrogens is 314 g/mol. The molecule has 0 atom stereocenters. The van der Waals surface area contributed by atoms with Crippen LogP contribution in [0.25, 0.3) is 11.4 Å². The Bertz CT molecular complexity index is 836. The number of carboxylic acids is 1. The Morgan fingerprint density at radius 2 is 1.74 bits per heavy atom. The number of anilines is 2. The minimum atomic E-state index is -1.09. The van der Waals surface area contributed by atoms with Crippen LogP contribution in [-0.4, -0.2) is 21.0 Å². The molecule has 23 heavy (non-hydrogen) atoms. The molecule has 3 rings (SSSR count). The Balaban J connectivity index is 2.02. The van der Waals surface area contributed by atoms with Crippen molar-refractivity contribution >= 4 is 29.1 Å². The molecule has 2 N–H and O–H groups in total. The number of para-hydroxylation sites is 1. The van der Waals surface area contributed by atoms with Crippen LogP contribution < -0.4 is 5.32 Å². The van der Waals surface area contributed by atoms with E-state index in [9.17, 15) is 9.90 Å². The molecule has 0 fully saturated rings. The Morgan fingerprint density at radius 1 is 1.04 bits per heavy atom. The van der Waals surface area contributed by atoms with E-state index in [4.69, 9.17) is 11.6 Å². The zero-order chi connectivity index (χ0) is 16.2. The zero-order valence-electron chi connectivity index (χ0n) is 11.9. The number of hydrogen-bond donors (Lipinski definition) is 2. The summed E-state index contributed by atoms with van der Waals surface area (Å²) in [5, 5.41) is 12.9. The van der Waals surface area contributed by atoms with Crippen LogP contribution in [0.3, 0.4) is 0 Å². The van der Waals surface area contributed by atoms with E-state index >= 15 is 0 Å². The Labute approximate surface area is 137 Å². The van der Waals surface area contributed by atoms with Gasteiger partial charge >= 0.3 is 5.97 Å². The number of nitrogens with one attached hydrogen (secondary N) is 1. The second kappa shape index (κ2) is 6.46. The van der Waals surface area contributed by atoms with E-state index in [2.05, 4.69) is 15.3 Å². The van der Waals surface area contributed by atoms with Crippen molar-refractivity contribution in [2.75, 3.05) is 5.32 Å². The second-order valence-electron chi connectivity index (χ2n) is 4.76. The fourth-order valence-corrected chi connectivity index (χ4v) is 2.16. The van der Waals surface area contributed by atoms with Crippen LogP contribution in [-0.2, 0) is 0 Å². The van der Waals surface area contributed by atoms with Crippen LogP contribution in [0.4, 0.5) is 11.5 Å². The van der Waals surface area contributed by atoms with E-state index in [0.29, 0.717) is 10.8 Å². The van der Waals surface area contributed by atoms with E-state index in [1.165, 1.54) is 6.20 Å². The number of benzene rings is 2. The molecule has 0 radical (unpaired) electrons. The third-order valence-electron chi connectivity index (χ3n) is 3.16. The summed E-state index contributed by atoms with van der Waals surface area (Å²) in [4.78, 5) is 19.8. The summed E-state index contributed by atoms with van der Waals surface area (Å²) in [5.41, 5.74) is 1.50. The molecule has 3 aromatic rings. The predicted molar refractivity (Wildman–Crippen MR) is 89.2 cm³/mol. The monoisotopic (exact) mass is 325 g/mol. The normalized spacial score (nSPS) is 10.3. The average Bonchev–Trinajstić information content (AvgIpc) is 2.56. The van der Waals surface area contributed by atoms with Gasteiger partial charge in [-0.25, -0.2) is 14.8 Å². The Morgan fingerprint density at radius 3 is 2.39 bits per heavy atom. The van der Waals surface area contributed by atoms with Gasteiger partial charge in [0.1, 0.15) is 11.4 Å². The van der Waals surface area contributed by atoms with Crippen LogP contribution in [0.1, 0.15) is 10.4 Å². The first-order valence-corrected chi connectivity index (χ1v) is 7.19. The first-order chi connectivity index (χ1) is 11.1. The van der Waals surface area contributed by atoms with Gasteiger partial charge in [0.15, 0.2) is 5.82 Å². The highest BCUT2D eigenvalue weighted by Gasteiger charge is 2.14. The van der Waals surface area contributed by atoms with Gasteiger partial charge in [0, 0.05) is 22.5 Å². The fraction of sp³-hybridized carbons (Fsp3) is 0. The highest BCUT2D eigenvalue weighted by atomic mass is 35.5. The van der Waals surface area contributed by atoms with Gasteiger partial charge in [-0.2, -0.15) is 0 Å². The molecule has 5 nitrogen and oxygen atoms in total. The van der Waals surface area contributed by atoms with E-state index in [1.807, 2.05) is 30.3 Å². The smallest absolute Gasteiger partial charge is 0.341 e. The summed E-state index contributed by atoms with van der Waals surface area (Å²) in [6.45, 7) is 0. The highest BCUT2D eigenvalue weighted by molar-refractivity contribution is 6.30. The number of carbonyl (C=O) groups is 1. The van der Waals surface area contributed by atoms with Crippen molar-refractivity contribution in [3.63, 3.8) is 0 Å². The van der Waals surface area contributed by atoms with Gasteiger partial charge in [0.25, 0.3) is 0 Å². The van der Waals surface area contributed by atoms with Crippen molar-refractivity contribution in [2.24, 2.45) is 0 Å². The zero-order valence-corrected chi connectivity index (χ0v) is 12.7. The molecule has 0 saturated carbocycles. The minimum Gasteiger partial charge on any atom is -0.477 e. The van der Waals surface area contributed by atoms with E-state index in [1.54, 1.807) is 24.3 Å². The summed E-state index contributed by atoms with van der Waals surface area (Å²) >= 11 is 5.87. The maximum absolute atomic E-state index is 11.4. The van der Waals surface area contributed by atoms with E-state index in [0.717, 1.165) is 11.3 Å². The van der Waals surface area contributed by atoms with Gasteiger partial charge in [-0.1, -0.05) is 29.8 Å². The number of carboxylic acid groups (broad SMARTS) is 1. The third-order valence-corrected chi connectivity index (χ3v) is 3.41. The molecule has 0 unspecified atom stereocenters. The lowest BCUT2D eigenvalue weighted by molar-refractivity contribution is 0.0697. The summed E-state index contributed by atoms with van der Waals surface area (Å²) < 4.78 is 0. The molecular formula is C17H12ClN3O2. The standard InChI is InChI=1S/C17H12ClN3O2/c18-12-8-6-11(7-9-12)15-19-10-14(17(22)23)16(21-15)20-13-4-2-1-3-5-13/h1-10H,(H,22,23)(H,19,20,21). The first kappa shape index (κ1) is 15.0. The summed E-state index contributed by atoms with van der Waals surface area (Å²) in [6.07, 6.45) is 1.30.